The molecule has 1 atom stereocenters. The van der Waals surface area contributed by atoms with Crippen molar-refractivity contribution in [1.29, 1.82) is 0 Å². The first-order valence-corrected chi connectivity index (χ1v) is 9.74. The van der Waals surface area contributed by atoms with Gasteiger partial charge >= 0.3 is 0 Å². The summed E-state index contributed by atoms with van der Waals surface area (Å²) in [6, 6.07) is 16.1. The lowest BCUT2D eigenvalue weighted by Gasteiger charge is -2.33. The molecule has 4 aromatic rings. The molecule has 6 nitrogen and oxygen atoms in total. The number of hydrogen-bond acceptors (Lipinski definition) is 4. The molecule has 0 aliphatic carbocycles. The Bertz CT molecular complexity index is 1210. The molecule has 1 N–H and O–H groups in total. The summed E-state index contributed by atoms with van der Waals surface area (Å²) in [5, 5.41) is 7.56. The average molecular weight is 383 g/mol. The standard InChI is InChI=1S/C23H21N5O/c1-14-10-17(8-9-24-14)22-23-19(26-27-22)11-18-12-21(29)28(13-20(18)25-23)15(2)16-6-4-3-5-7-16/h3-11,15H,12-13H2,1-2H3,(H,26,27)/t15-/m1/s1. The first-order chi connectivity index (χ1) is 14.1. The molecular formula is C23H21N5O. The van der Waals surface area contributed by atoms with E-state index < -0.39 is 0 Å². The lowest BCUT2D eigenvalue weighted by molar-refractivity contribution is -0.134. The van der Waals surface area contributed by atoms with Crippen molar-refractivity contribution in [3.8, 4) is 11.3 Å². The summed E-state index contributed by atoms with van der Waals surface area (Å²) in [4.78, 5) is 23.9. The van der Waals surface area contributed by atoms with E-state index in [0.717, 1.165) is 44.8 Å². The van der Waals surface area contributed by atoms with E-state index in [2.05, 4.69) is 34.2 Å². The van der Waals surface area contributed by atoms with Gasteiger partial charge in [0.1, 0.15) is 11.2 Å². The highest BCUT2D eigenvalue weighted by molar-refractivity contribution is 5.91. The molecule has 144 valence electrons. The van der Waals surface area contributed by atoms with Gasteiger partial charge in [0, 0.05) is 17.5 Å². The van der Waals surface area contributed by atoms with Crippen LogP contribution in [0.5, 0.6) is 0 Å². The summed E-state index contributed by atoms with van der Waals surface area (Å²) < 4.78 is 0. The number of carbonyl (C=O) groups excluding carboxylic acids is 1. The van der Waals surface area contributed by atoms with Crippen LogP contribution in [0.2, 0.25) is 0 Å². The third-order valence-electron chi connectivity index (χ3n) is 5.61. The topological polar surface area (TPSA) is 74.8 Å². The van der Waals surface area contributed by atoms with Crippen molar-refractivity contribution < 1.29 is 4.79 Å². The zero-order chi connectivity index (χ0) is 20.0. The van der Waals surface area contributed by atoms with Crippen LogP contribution in [-0.2, 0) is 17.8 Å². The predicted octanol–water partition coefficient (Wildman–Crippen LogP) is 3.97. The van der Waals surface area contributed by atoms with Gasteiger partial charge in [-0.2, -0.15) is 5.10 Å². The molecule has 1 aliphatic rings. The van der Waals surface area contributed by atoms with E-state index in [1.165, 1.54) is 0 Å². The molecule has 5 rings (SSSR count). The van der Waals surface area contributed by atoms with Gasteiger partial charge in [0.05, 0.1) is 30.2 Å². The van der Waals surface area contributed by atoms with Crippen molar-refractivity contribution in [3.63, 3.8) is 0 Å². The minimum atomic E-state index is 0.000939. The number of aryl methyl sites for hydroxylation is 1. The molecule has 1 aliphatic heterocycles. The number of benzene rings is 1. The number of carbonyl (C=O) groups is 1. The van der Waals surface area contributed by atoms with Crippen molar-refractivity contribution in [3.05, 3.63) is 77.2 Å². The first-order valence-electron chi connectivity index (χ1n) is 9.74. The molecule has 0 saturated heterocycles. The van der Waals surface area contributed by atoms with E-state index in [9.17, 15) is 4.79 Å². The summed E-state index contributed by atoms with van der Waals surface area (Å²) >= 11 is 0. The fourth-order valence-electron chi connectivity index (χ4n) is 3.99. The number of amides is 1. The van der Waals surface area contributed by atoms with Crippen LogP contribution < -0.4 is 0 Å². The third-order valence-corrected chi connectivity index (χ3v) is 5.61. The first kappa shape index (κ1) is 17.6. The highest BCUT2D eigenvalue weighted by Crippen LogP contribution is 2.31. The molecule has 0 radical (unpaired) electrons. The fraction of sp³-hybridized carbons (Fsp3) is 0.217. The van der Waals surface area contributed by atoms with Gasteiger partial charge in [-0.25, -0.2) is 4.98 Å². The molecule has 29 heavy (non-hydrogen) atoms. The van der Waals surface area contributed by atoms with Crippen LogP contribution in [0.25, 0.3) is 22.3 Å². The summed E-state index contributed by atoms with van der Waals surface area (Å²) in [5.41, 5.74) is 7.45. The van der Waals surface area contributed by atoms with E-state index >= 15 is 0 Å². The van der Waals surface area contributed by atoms with Gasteiger partial charge in [-0.05, 0) is 43.2 Å². The van der Waals surface area contributed by atoms with Gasteiger partial charge in [0.15, 0.2) is 0 Å². The number of nitrogens with one attached hydrogen (secondary N) is 1. The molecule has 1 amide bonds. The smallest absolute Gasteiger partial charge is 0.227 e. The zero-order valence-electron chi connectivity index (χ0n) is 16.4. The molecule has 4 heterocycles. The molecule has 3 aromatic heterocycles. The average Bonchev–Trinajstić information content (AvgIpc) is 3.14. The number of rotatable bonds is 3. The Morgan fingerprint density at radius 1 is 1.14 bits per heavy atom. The van der Waals surface area contributed by atoms with Crippen molar-refractivity contribution in [2.24, 2.45) is 0 Å². The van der Waals surface area contributed by atoms with E-state index in [-0.39, 0.29) is 11.9 Å². The molecule has 0 saturated carbocycles. The number of pyridine rings is 2. The van der Waals surface area contributed by atoms with Crippen LogP contribution in [-0.4, -0.2) is 31.0 Å². The molecule has 6 heteroatoms. The van der Waals surface area contributed by atoms with Gasteiger partial charge in [0.25, 0.3) is 0 Å². The highest BCUT2D eigenvalue weighted by atomic mass is 16.2. The molecule has 0 bridgehead atoms. The number of aromatic amines is 1. The zero-order valence-corrected chi connectivity index (χ0v) is 16.4. The van der Waals surface area contributed by atoms with Crippen LogP contribution >= 0.6 is 0 Å². The van der Waals surface area contributed by atoms with Gasteiger partial charge in [-0.3, -0.25) is 14.9 Å². The van der Waals surface area contributed by atoms with Crippen LogP contribution in [0, 0.1) is 6.92 Å². The van der Waals surface area contributed by atoms with Crippen LogP contribution in [0.15, 0.2) is 54.7 Å². The molecule has 1 aromatic carbocycles. The minimum Gasteiger partial charge on any atom is -0.330 e. The van der Waals surface area contributed by atoms with E-state index in [1.54, 1.807) is 6.20 Å². The van der Waals surface area contributed by atoms with Crippen LogP contribution in [0.1, 0.15) is 35.5 Å². The number of fused-ring (bicyclic) bond motifs is 2. The maximum atomic E-state index is 12.8. The van der Waals surface area contributed by atoms with Gasteiger partial charge in [0.2, 0.25) is 5.91 Å². The minimum absolute atomic E-state index is 0.000939. The summed E-state index contributed by atoms with van der Waals surface area (Å²) in [5.74, 6) is 0.125. The number of nitrogens with zero attached hydrogens (tertiary/aromatic N) is 4. The second-order valence-electron chi connectivity index (χ2n) is 7.53. The predicted molar refractivity (Wildman–Crippen MR) is 111 cm³/mol. The largest absolute Gasteiger partial charge is 0.330 e. The summed E-state index contributed by atoms with van der Waals surface area (Å²) in [6.45, 7) is 4.53. The Morgan fingerprint density at radius 3 is 2.76 bits per heavy atom. The second-order valence-corrected chi connectivity index (χ2v) is 7.53. The van der Waals surface area contributed by atoms with Crippen molar-refractivity contribution >= 4 is 16.9 Å². The van der Waals surface area contributed by atoms with E-state index in [0.29, 0.717) is 13.0 Å². The molecule has 0 fully saturated rings. The van der Waals surface area contributed by atoms with Crippen molar-refractivity contribution in [2.45, 2.75) is 32.9 Å². The lowest BCUT2D eigenvalue weighted by Crippen LogP contribution is -2.38. The maximum Gasteiger partial charge on any atom is 0.227 e. The summed E-state index contributed by atoms with van der Waals surface area (Å²) in [7, 11) is 0. The quantitative estimate of drug-likeness (QED) is 0.581. The van der Waals surface area contributed by atoms with Crippen molar-refractivity contribution in [2.75, 3.05) is 0 Å². The number of H-pyrrole nitrogens is 1. The number of hydrogen-bond donors (Lipinski definition) is 1. The maximum absolute atomic E-state index is 12.8. The van der Waals surface area contributed by atoms with Gasteiger partial charge < -0.3 is 4.90 Å². The van der Waals surface area contributed by atoms with Crippen LogP contribution in [0.3, 0.4) is 0 Å². The summed E-state index contributed by atoms with van der Waals surface area (Å²) in [6.07, 6.45) is 2.14. The normalized spacial score (nSPS) is 14.8. The van der Waals surface area contributed by atoms with Gasteiger partial charge in [-0.15, -0.1) is 0 Å². The second kappa shape index (κ2) is 6.81. The third kappa shape index (κ3) is 3.06. The Kier molecular flexibility index (Phi) is 4.12. The van der Waals surface area contributed by atoms with E-state index in [1.807, 2.05) is 48.2 Å². The Hall–Kier alpha value is -3.54. The monoisotopic (exact) mass is 383 g/mol. The highest BCUT2D eigenvalue weighted by Gasteiger charge is 2.29. The fourth-order valence-corrected chi connectivity index (χ4v) is 3.99. The van der Waals surface area contributed by atoms with E-state index in [4.69, 9.17) is 4.98 Å². The molecule has 0 spiro atoms. The number of aromatic nitrogens is 4. The SMILES string of the molecule is Cc1cc(-c2n[nH]c3cc4c(nc23)CN([C@H](C)c2ccccc2)C(=O)C4)ccn1. The molecular weight excluding hydrogens is 362 g/mol. The van der Waals surface area contributed by atoms with Crippen LogP contribution in [0.4, 0.5) is 0 Å². The lowest BCUT2D eigenvalue weighted by atomic mass is 9.99. The Labute approximate surface area is 168 Å². The Morgan fingerprint density at radius 2 is 1.97 bits per heavy atom. The van der Waals surface area contributed by atoms with Gasteiger partial charge in [-0.1, -0.05) is 30.3 Å². The Balaban J connectivity index is 1.55. The van der Waals surface area contributed by atoms with Crippen molar-refractivity contribution in [1.82, 2.24) is 25.1 Å². The molecule has 0 unspecified atom stereocenters.